The van der Waals surface area contributed by atoms with Crippen molar-refractivity contribution < 1.29 is 4.74 Å². The number of nitrogens with two attached hydrogens (primary N) is 1. The van der Waals surface area contributed by atoms with Crippen LogP contribution in [0.25, 0.3) is 0 Å². The first-order chi connectivity index (χ1) is 6.48. The van der Waals surface area contributed by atoms with Gasteiger partial charge in [0, 0.05) is 5.02 Å². The Morgan fingerprint density at radius 3 is 2.93 bits per heavy atom. The molecule has 0 saturated carbocycles. The average molecular weight is 213 g/mol. The number of fused-ring (bicyclic) bond motifs is 1. The zero-order valence-corrected chi connectivity index (χ0v) is 9.01. The second kappa shape index (κ2) is 3.04. The van der Waals surface area contributed by atoms with Crippen molar-refractivity contribution in [1.29, 1.82) is 0 Å². The van der Waals surface area contributed by atoms with Gasteiger partial charge in [0.2, 0.25) is 0 Å². The van der Waals surface area contributed by atoms with Crippen LogP contribution in [0.2, 0.25) is 5.02 Å². The van der Waals surface area contributed by atoms with Crippen LogP contribution in [0.4, 0.5) is 5.69 Å². The van der Waals surface area contributed by atoms with E-state index < -0.39 is 0 Å². The van der Waals surface area contributed by atoms with E-state index in [0.717, 1.165) is 11.4 Å². The second-order valence-corrected chi connectivity index (χ2v) is 4.54. The summed E-state index contributed by atoms with van der Waals surface area (Å²) in [5.41, 5.74) is 0.590. The van der Waals surface area contributed by atoms with Crippen LogP contribution in [0.3, 0.4) is 0 Å². The number of anilines is 1. The highest BCUT2D eigenvalue weighted by Crippen LogP contribution is 2.36. The lowest BCUT2D eigenvalue weighted by Gasteiger charge is -2.38. The highest BCUT2D eigenvalue weighted by Gasteiger charge is 2.30. The molecule has 3 nitrogen and oxygen atoms in total. The maximum atomic E-state index is 5.89. The van der Waals surface area contributed by atoms with E-state index >= 15 is 0 Å². The number of hydrogen-bond donors (Lipinski definition) is 1. The van der Waals surface area contributed by atoms with Crippen molar-refractivity contribution in [3.05, 3.63) is 23.2 Å². The maximum Gasteiger partial charge on any atom is 0.144 e. The zero-order valence-electron chi connectivity index (χ0n) is 8.25. The molecule has 2 N–H and O–H groups in total. The highest BCUT2D eigenvalue weighted by atomic mass is 35.5. The van der Waals surface area contributed by atoms with Crippen molar-refractivity contribution in [2.75, 3.05) is 11.6 Å². The first kappa shape index (κ1) is 9.62. The van der Waals surface area contributed by atoms with Crippen LogP contribution in [0.15, 0.2) is 18.2 Å². The van der Waals surface area contributed by atoms with E-state index in [9.17, 15) is 0 Å². The number of ether oxygens (including phenoxy) is 1. The van der Waals surface area contributed by atoms with Crippen LogP contribution in [0.5, 0.6) is 5.75 Å². The molecule has 0 bridgehead atoms. The van der Waals surface area contributed by atoms with Gasteiger partial charge < -0.3 is 9.75 Å². The third-order valence-electron chi connectivity index (χ3n) is 2.17. The molecular weight excluding hydrogens is 200 g/mol. The predicted octanol–water partition coefficient (Wildman–Crippen LogP) is 2.19. The molecule has 0 aromatic heterocycles. The monoisotopic (exact) mass is 212 g/mol. The molecule has 0 aliphatic carbocycles. The van der Waals surface area contributed by atoms with E-state index in [1.165, 1.54) is 0 Å². The van der Waals surface area contributed by atoms with E-state index in [1.807, 2.05) is 26.0 Å². The van der Waals surface area contributed by atoms with Gasteiger partial charge in [0.1, 0.15) is 11.4 Å². The Balaban J connectivity index is 2.45. The molecule has 2 rings (SSSR count). The minimum atomic E-state index is -0.254. The fraction of sp³-hybridized carbons (Fsp3) is 0.400. The summed E-state index contributed by atoms with van der Waals surface area (Å²) in [6.07, 6.45) is 0. The van der Waals surface area contributed by atoms with E-state index in [2.05, 4.69) is 0 Å². The largest absolute Gasteiger partial charge is 0.484 e. The van der Waals surface area contributed by atoms with Gasteiger partial charge >= 0.3 is 0 Å². The quantitative estimate of drug-likeness (QED) is 0.670. The van der Waals surface area contributed by atoms with Gasteiger partial charge in [-0.1, -0.05) is 11.6 Å². The molecule has 1 aromatic rings. The first-order valence-electron chi connectivity index (χ1n) is 4.49. The SMILES string of the molecule is CC1(C)CN(N)c2cc(Cl)ccc2O1. The van der Waals surface area contributed by atoms with Crippen LogP contribution in [-0.4, -0.2) is 12.1 Å². The summed E-state index contributed by atoms with van der Waals surface area (Å²) in [6, 6.07) is 5.46. The molecule has 1 aliphatic rings. The van der Waals surface area contributed by atoms with Crippen LogP contribution in [0.1, 0.15) is 13.8 Å². The molecule has 0 saturated heterocycles. The van der Waals surface area contributed by atoms with Crippen molar-refractivity contribution in [3.8, 4) is 5.75 Å². The maximum absolute atomic E-state index is 5.89. The standard InChI is InChI=1S/C10H13ClN2O/c1-10(2)6-13(12)8-5-7(11)3-4-9(8)14-10/h3-5H,6,12H2,1-2H3. The Kier molecular flexibility index (Phi) is 2.09. The van der Waals surface area contributed by atoms with E-state index in [4.69, 9.17) is 22.2 Å². The molecule has 1 aliphatic heterocycles. The smallest absolute Gasteiger partial charge is 0.144 e. The zero-order chi connectivity index (χ0) is 10.3. The summed E-state index contributed by atoms with van der Waals surface area (Å²) in [7, 11) is 0. The van der Waals surface area contributed by atoms with Crippen LogP contribution in [-0.2, 0) is 0 Å². The summed E-state index contributed by atoms with van der Waals surface area (Å²) < 4.78 is 5.76. The molecule has 4 heteroatoms. The van der Waals surface area contributed by atoms with Gasteiger partial charge in [-0.15, -0.1) is 0 Å². The average Bonchev–Trinajstić information content (AvgIpc) is 2.05. The predicted molar refractivity (Wildman–Crippen MR) is 57.7 cm³/mol. The van der Waals surface area contributed by atoms with Gasteiger partial charge in [0.15, 0.2) is 0 Å². The Morgan fingerprint density at radius 1 is 1.50 bits per heavy atom. The lowest BCUT2D eigenvalue weighted by atomic mass is 10.1. The second-order valence-electron chi connectivity index (χ2n) is 4.10. The summed E-state index contributed by atoms with van der Waals surface area (Å²) >= 11 is 5.88. The summed E-state index contributed by atoms with van der Waals surface area (Å²) in [6.45, 7) is 4.66. The number of halogens is 1. The molecule has 1 heterocycles. The lowest BCUT2D eigenvalue weighted by Crippen LogP contribution is -2.50. The molecule has 0 atom stereocenters. The van der Waals surface area contributed by atoms with Crippen molar-refractivity contribution in [2.24, 2.45) is 5.84 Å². The summed E-state index contributed by atoms with van der Waals surface area (Å²) in [5, 5.41) is 2.34. The number of rotatable bonds is 0. The fourth-order valence-corrected chi connectivity index (χ4v) is 1.79. The fourth-order valence-electron chi connectivity index (χ4n) is 1.63. The van der Waals surface area contributed by atoms with Crippen molar-refractivity contribution in [1.82, 2.24) is 0 Å². The molecule has 1 aromatic carbocycles. The molecule has 0 spiro atoms. The highest BCUT2D eigenvalue weighted by molar-refractivity contribution is 6.30. The Bertz CT molecular complexity index is 365. The molecular formula is C10H13ClN2O. The van der Waals surface area contributed by atoms with Crippen molar-refractivity contribution >= 4 is 17.3 Å². The van der Waals surface area contributed by atoms with Gasteiger partial charge in [-0.05, 0) is 32.0 Å². The van der Waals surface area contributed by atoms with Crippen molar-refractivity contribution in [3.63, 3.8) is 0 Å². The number of nitrogens with zero attached hydrogens (tertiary/aromatic N) is 1. The Hall–Kier alpha value is -0.930. The summed E-state index contributed by atoms with van der Waals surface area (Å²) in [5.74, 6) is 6.67. The Labute approximate surface area is 88.4 Å². The molecule has 76 valence electrons. The lowest BCUT2D eigenvalue weighted by molar-refractivity contribution is 0.105. The van der Waals surface area contributed by atoms with Gasteiger partial charge in [-0.2, -0.15) is 0 Å². The van der Waals surface area contributed by atoms with Crippen LogP contribution < -0.4 is 15.6 Å². The van der Waals surface area contributed by atoms with Crippen LogP contribution in [0, 0.1) is 0 Å². The minimum absolute atomic E-state index is 0.254. The van der Waals surface area contributed by atoms with E-state index in [1.54, 1.807) is 11.1 Å². The van der Waals surface area contributed by atoms with E-state index in [0.29, 0.717) is 11.6 Å². The third-order valence-corrected chi connectivity index (χ3v) is 2.40. The topological polar surface area (TPSA) is 38.5 Å². The molecule has 0 unspecified atom stereocenters. The van der Waals surface area contributed by atoms with E-state index in [-0.39, 0.29) is 5.60 Å². The molecule has 0 fully saturated rings. The molecule has 0 radical (unpaired) electrons. The Morgan fingerprint density at radius 2 is 2.21 bits per heavy atom. The summed E-state index contributed by atoms with van der Waals surface area (Å²) in [4.78, 5) is 0. The normalized spacial score (nSPS) is 18.7. The van der Waals surface area contributed by atoms with Gasteiger partial charge in [-0.3, -0.25) is 0 Å². The van der Waals surface area contributed by atoms with Gasteiger partial charge in [0.05, 0.1) is 12.2 Å². The number of hydrogen-bond acceptors (Lipinski definition) is 3. The minimum Gasteiger partial charge on any atom is -0.484 e. The third kappa shape index (κ3) is 1.65. The van der Waals surface area contributed by atoms with Crippen molar-refractivity contribution in [2.45, 2.75) is 19.4 Å². The number of benzene rings is 1. The molecule has 0 amide bonds. The first-order valence-corrected chi connectivity index (χ1v) is 4.86. The number of hydrazine groups is 1. The van der Waals surface area contributed by atoms with Crippen LogP contribution >= 0.6 is 11.6 Å². The van der Waals surface area contributed by atoms with Gasteiger partial charge in [0.25, 0.3) is 0 Å². The molecule has 14 heavy (non-hydrogen) atoms. The van der Waals surface area contributed by atoms with Gasteiger partial charge in [-0.25, -0.2) is 5.84 Å².